The van der Waals surface area contributed by atoms with E-state index in [1.54, 1.807) is 0 Å². The molecule has 0 N–H and O–H groups in total. The van der Waals surface area contributed by atoms with E-state index in [1.807, 2.05) is 21.1 Å². The van der Waals surface area contributed by atoms with Crippen molar-refractivity contribution in [1.29, 1.82) is 0 Å². The summed E-state index contributed by atoms with van der Waals surface area (Å²) in [6.45, 7) is 5.35. The molecule has 0 saturated carbocycles. The van der Waals surface area contributed by atoms with Crippen molar-refractivity contribution in [1.82, 2.24) is 0 Å². The number of carbonyl (C=O) groups is 1. The monoisotopic (exact) mass is 854 g/mol. The van der Waals surface area contributed by atoms with Crippen LogP contribution >= 0.6 is 7.82 Å². The third-order valence-corrected chi connectivity index (χ3v) is 11.6. The SMILES string of the molecule is CCC/C=C\C/C=C\CCCCCCCCOCC(COP(=O)([O-])OCC[N+](C)(C)C)OC(=O)CCCCCCCCCCCCC/C=C\CCCCCCCCCC. The molecule has 0 heterocycles. The minimum Gasteiger partial charge on any atom is -0.756 e. The van der Waals surface area contributed by atoms with Crippen LogP contribution in [0.4, 0.5) is 0 Å². The maximum absolute atomic E-state index is 12.7. The van der Waals surface area contributed by atoms with E-state index in [-0.39, 0.29) is 25.8 Å². The van der Waals surface area contributed by atoms with Crippen molar-refractivity contribution < 1.29 is 37.3 Å². The maximum Gasteiger partial charge on any atom is 0.306 e. The summed E-state index contributed by atoms with van der Waals surface area (Å²) in [5.74, 6) is -0.337. The molecule has 0 radical (unpaired) electrons. The summed E-state index contributed by atoms with van der Waals surface area (Å²) in [6, 6.07) is 0. The second-order valence-corrected chi connectivity index (χ2v) is 19.2. The number of allylic oxidation sites excluding steroid dienone is 6. The first-order valence-electron chi connectivity index (χ1n) is 24.7. The number of likely N-dealkylation sites (N-methyl/N-ethyl adjacent to an activating group) is 1. The van der Waals surface area contributed by atoms with Gasteiger partial charge in [0.15, 0.2) is 0 Å². The largest absolute Gasteiger partial charge is 0.756 e. The fourth-order valence-electron chi connectivity index (χ4n) is 6.82. The number of nitrogens with zero attached hydrogens (tertiary/aromatic N) is 1. The van der Waals surface area contributed by atoms with Crippen molar-refractivity contribution in [3.63, 3.8) is 0 Å². The summed E-state index contributed by atoms with van der Waals surface area (Å²) in [5, 5.41) is 0. The number of phosphoric acid groups is 1. The predicted octanol–water partition coefficient (Wildman–Crippen LogP) is 14.3. The van der Waals surface area contributed by atoms with Gasteiger partial charge in [-0.25, -0.2) is 0 Å². The Kier molecular flexibility index (Phi) is 42.4. The van der Waals surface area contributed by atoms with E-state index in [4.69, 9.17) is 18.5 Å². The fourth-order valence-corrected chi connectivity index (χ4v) is 7.54. The van der Waals surface area contributed by atoms with Crippen LogP contribution in [0.3, 0.4) is 0 Å². The summed E-state index contributed by atoms with van der Waals surface area (Å²) >= 11 is 0. The van der Waals surface area contributed by atoms with Gasteiger partial charge >= 0.3 is 5.97 Å². The van der Waals surface area contributed by atoms with E-state index < -0.39 is 13.9 Å². The third kappa shape index (κ3) is 47.6. The van der Waals surface area contributed by atoms with Gasteiger partial charge in [0, 0.05) is 13.0 Å². The predicted molar refractivity (Wildman–Crippen MR) is 250 cm³/mol. The first kappa shape index (κ1) is 57.7. The third-order valence-electron chi connectivity index (χ3n) is 10.6. The zero-order valence-corrected chi connectivity index (χ0v) is 40.4. The van der Waals surface area contributed by atoms with Crippen LogP contribution in [0.1, 0.15) is 219 Å². The van der Waals surface area contributed by atoms with Crippen molar-refractivity contribution in [3.8, 4) is 0 Å². The number of carbonyl (C=O) groups excluding carboxylic acids is 1. The second kappa shape index (κ2) is 43.4. The van der Waals surface area contributed by atoms with E-state index in [2.05, 4.69) is 50.3 Å². The van der Waals surface area contributed by atoms with Crippen LogP contribution in [0.25, 0.3) is 0 Å². The van der Waals surface area contributed by atoms with Crippen molar-refractivity contribution in [2.45, 2.75) is 225 Å². The van der Waals surface area contributed by atoms with E-state index in [0.29, 0.717) is 24.1 Å². The number of unbranched alkanes of at least 4 members (excludes halogenated alkanes) is 26. The Morgan fingerprint density at radius 2 is 0.966 bits per heavy atom. The molecule has 0 fully saturated rings. The number of quaternary nitrogens is 1. The molecule has 59 heavy (non-hydrogen) atoms. The van der Waals surface area contributed by atoms with Gasteiger partial charge in [-0.2, -0.15) is 0 Å². The highest BCUT2D eigenvalue weighted by Crippen LogP contribution is 2.38. The molecule has 0 rings (SSSR count). The first-order valence-corrected chi connectivity index (χ1v) is 26.2. The topological polar surface area (TPSA) is 94.1 Å². The molecule has 0 spiro atoms. The van der Waals surface area contributed by atoms with E-state index in [0.717, 1.165) is 57.8 Å². The Morgan fingerprint density at radius 1 is 0.525 bits per heavy atom. The van der Waals surface area contributed by atoms with E-state index in [1.165, 1.54) is 141 Å². The lowest BCUT2D eigenvalue weighted by atomic mass is 10.0. The second-order valence-electron chi connectivity index (χ2n) is 17.8. The molecule has 2 atom stereocenters. The van der Waals surface area contributed by atoms with Crippen LogP contribution in [0.15, 0.2) is 36.5 Å². The average molecular weight is 854 g/mol. The van der Waals surface area contributed by atoms with Crippen LogP contribution in [-0.4, -0.2) is 70.7 Å². The molecule has 0 aromatic heterocycles. The van der Waals surface area contributed by atoms with Crippen molar-refractivity contribution in [2.24, 2.45) is 0 Å². The Morgan fingerprint density at radius 3 is 1.46 bits per heavy atom. The number of esters is 1. The molecule has 0 aliphatic carbocycles. The lowest BCUT2D eigenvalue weighted by Crippen LogP contribution is -2.37. The van der Waals surface area contributed by atoms with E-state index in [9.17, 15) is 14.3 Å². The van der Waals surface area contributed by atoms with Gasteiger partial charge in [0.2, 0.25) is 0 Å². The highest BCUT2D eigenvalue weighted by molar-refractivity contribution is 7.45. The van der Waals surface area contributed by atoms with Crippen LogP contribution in [0, 0.1) is 0 Å². The Labute approximate surface area is 365 Å². The molecule has 0 aliphatic rings. The van der Waals surface area contributed by atoms with Crippen LogP contribution in [0.5, 0.6) is 0 Å². The Bertz CT molecular complexity index is 1040. The smallest absolute Gasteiger partial charge is 0.306 e. The molecule has 0 bridgehead atoms. The molecule has 0 aromatic carbocycles. The lowest BCUT2D eigenvalue weighted by molar-refractivity contribution is -0.870. The number of rotatable bonds is 46. The fraction of sp³-hybridized carbons (Fsp3) is 0.860. The van der Waals surface area contributed by atoms with Gasteiger partial charge in [-0.05, 0) is 64.2 Å². The molecule has 348 valence electrons. The van der Waals surface area contributed by atoms with Crippen LogP contribution < -0.4 is 4.89 Å². The van der Waals surface area contributed by atoms with Gasteiger partial charge in [-0.1, -0.05) is 185 Å². The summed E-state index contributed by atoms with van der Waals surface area (Å²) < 4.78 is 34.7. The highest BCUT2D eigenvalue weighted by Gasteiger charge is 2.20. The van der Waals surface area contributed by atoms with Crippen molar-refractivity contribution >= 4 is 13.8 Å². The number of hydrogen-bond acceptors (Lipinski definition) is 7. The zero-order chi connectivity index (χ0) is 43.4. The van der Waals surface area contributed by atoms with Crippen molar-refractivity contribution in [3.05, 3.63) is 36.5 Å². The normalized spacial score (nSPS) is 13.9. The molecule has 0 aromatic rings. The summed E-state index contributed by atoms with van der Waals surface area (Å²) in [5.41, 5.74) is 0. The molecule has 0 amide bonds. The standard InChI is InChI=1S/C50H96NO7P/c1-6-8-10-12-14-16-18-20-22-23-24-25-26-27-28-29-30-31-33-35-37-39-41-43-50(52)58-49(48-57-59(53,54)56-46-44-51(3,4)5)47-55-45-42-40-38-36-34-32-21-19-17-15-13-11-9-7-2/h11,13,17,19,23-24,49H,6-10,12,14-16,18,20-22,25-48H2,1-5H3/b13-11-,19-17-,24-23-. The maximum atomic E-state index is 12.7. The van der Waals surface area contributed by atoms with Crippen LogP contribution in [0.2, 0.25) is 0 Å². The van der Waals surface area contributed by atoms with Gasteiger partial charge in [-0.3, -0.25) is 9.36 Å². The number of hydrogen-bond donors (Lipinski definition) is 0. The number of phosphoric ester groups is 1. The molecule has 2 unspecified atom stereocenters. The van der Waals surface area contributed by atoms with Gasteiger partial charge in [0.05, 0.1) is 34.4 Å². The molecule has 8 nitrogen and oxygen atoms in total. The lowest BCUT2D eigenvalue weighted by Gasteiger charge is -2.28. The quantitative estimate of drug-likeness (QED) is 0.0198. The van der Waals surface area contributed by atoms with E-state index >= 15 is 0 Å². The molecule has 0 aliphatic heterocycles. The Balaban J connectivity index is 4.11. The van der Waals surface area contributed by atoms with Gasteiger partial charge in [0.1, 0.15) is 19.3 Å². The zero-order valence-electron chi connectivity index (χ0n) is 39.5. The van der Waals surface area contributed by atoms with Gasteiger partial charge in [0.25, 0.3) is 7.82 Å². The van der Waals surface area contributed by atoms with Crippen molar-refractivity contribution in [2.75, 3.05) is 54.1 Å². The van der Waals surface area contributed by atoms with Gasteiger partial charge < -0.3 is 27.9 Å². The summed E-state index contributed by atoms with van der Waals surface area (Å²) in [4.78, 5) is 25.1. The Hall–Kier alpha value is -1.28. The average Bonchev–Trinajstić information content (AvgIpc) is 3.19. The van der Waals surface area contributed by atoms with Gasteiger partial charge in [-0.15, -0.1) is 0 Å². The molecular weight excluding hydrogens is 758 g/mol. The number of ether oxygens (including phenoxy) is 2. The summed E-state index contributed by atoms with van der Waals surface area (Å²) in [7, 11) is 1.35. The molecular formula is C50H96NO7P. The minimum absolute atomic E-state index is 0.0240. The molecule has 0 saturated heterocycles. The molecule has 9 heteroatoms. The highest BCUT2D eigenvalue weighted by atomic mass is 31.2. The summed E-state index contributed by atoms with van der Waals surface area (Å²) in [6.07, 6.45) is 51.7. The minimum atomic E-state index is -4.53. The first-order chi connectivity index (χ1) is 28.6. The van der Waals surface area contributed by atoms with Crippen LogP contribution in [-0.2, 0) is 27.9 Å².